The molecule has 0 amide bonds. The molecule has 0 aromatic heterocycles. The first-order chi connectivity index (χ1) is 6.61. The first-order valence-electron chi connectivity index (χ1n) is 6.04. The van der Waals surface area contributed by atoms with Gasteiger partial charge in [0.1, 0.15) is 0 Å². The van der Waals surface area contributed by atoms with Crippen LogP contribution in [0.25, 0.3) is 0 Å². The zero-order valence-corrected chi connectivity index (χ0v) is 10.5. The van der Waals surface area contributed by atoms with Crippen molar-refractivity contribution in [2.45, 2.75) is 47.0 Å². The number of rotatable bonds is 8. The van der Waals surface area contributed by atoms with E-state index in [-0.39, 0.29) is 0 Å². The molecule has 2 N–H and O–H groups in total. The molecule has 2 heteroatoms. The summed E-state index contributed by atoms with van der Waals surface area (Å²) in [4.78, 5) is 2.52. The minimum Gasteiger partial charge on any atom is -0.330 e. The zero-order chi connectivity index (χ0) is 11.0. The summed E-state index contributed by atoms with van der Waals surface area (Å²) in [6, 6.07) is 0. The highest BCUT2D eigenvalue weighted by molar-refractivity contribution is 4.78. The Morgan fingerprint density at radius 2 is 1.79 bits per heavy atom. The number of nitrogens with zero attached hydrogens (tertiary/aromatic N) is 1. The highest BCUT2D eigenvalue weighted by atomic mass is 15.1. The van der Waals surface area contributed by atoms with Gasteiger partial charge < -0.3 is 10.6 Å². The van der Waals surface area contributed by atoms with E-state index in [1.54, 1.807) is 0 Å². The van der Waals surface area contributed by atoms with Gasteiger partial charge in [-0.05, 0) is 37.9 Å². The molecule has 0 aliphatic heterocycles. The summed E-state index contributed by atoms with van der Waals surface area (Å²) >= 11 is 0. The molecule has 14 heavy (non-hydrogen) atoms. The fourth-order valence-electron chi connectivity index (χ4n) is 2.05. The van der Waals surface area contributed by atoms with Crippen molar-refractivity contribution < 1.29 is 0 Å². The molecule has 0 fully saturated rings. The van der Waals surface area contributed by atoms with Crippen LogP contribution in [0, 0.1) is 5.41 Å². The van der Waals surface area contributed by atoms with E-state index in [9.17, 15) is 0 Å². The van der Waals surface area contributed by atoms with E-state index in [1.807, 2.05) is 0 Å². The Morgan fingerprint density at radius 1 is 1.14 bits per heavy atom. The van der Waals surface area contributed by atoms with Crippen molar-refractivity contribution in [2.24, 2.45) is 11.1 Å². The summed E-state index contributed by atoms with van der Waals surface area (Å²) in [5.41, 5.74) is 6.18. The lowest BCUT2D eigenvalue weighted by molar-refractivity contribution is 0.164. The van der Waals surface area contributed by atoms with Crippen LogP contribution in [0.2, 0.25) is 0 Å². The Labute approximate surface area is 89.9 Å². The van der Waals surface area contributed by atoms with Crippen molar-refractivity contribution in [1.29, 1.82) is 0 Å². The van der Waals surface area contributed by atoms with Crippen LogP contribution in [0.3, 0.4) is 0 Å². The normalized spacial score (nSPS) is 15.9. The maximum atomic E-state index is 5.87. The van der Waals surface area contributed by atoms with E-state index < -0.39 is 0 Å². The summed E-state index contributed by atoms with van der Waals surface area (Å²) < 4.78 is 0. The standard InChI is InChI=1S/C12H28N2/c1-5-8-12(4,10-13)11-14(7-3)9-6-2/h5-11,13H2,1-4H3. The largest absolute Gasteiger partial charge is 0.330 e. The van der Waals surface area contributed by atoms with E-state index in [0.29, 0.717) is 5.41 Å². The summed E-state index contributed by atoms with van der Waals surface area (Å²) in [5.74, 6) is 0. The highest BCUT2D eigenvalue weighted by Gasteiger charge is 2.23. The van der Waals surface area contributed by atoms with E-state index in [2.05, 4.69) is 32.6 Å². The van der Waals surface area contributed by atoms with Crippen LogP contribution < -0.4 is 5.73 Å². The topological polar surface area (TPSA) is 29.3 Å². The molecule has 0 aliphatic carbocycles. The van der Waals surface area contributed by atoms with Gasteiger partial charge in [0.05, 0.1) is 0 Å². The minimum atomic E-state index is 0.319. The second kappa shape index (κ2) is 7.24. The Bertz CT molecular complexity index is 136. The highest BCUT2D eigenvalue weighted by Crippen LogP contribution is 2.23. The molecule has 0 heterocycles. The predicted octanol–water partition coefficient (Wildman–Crippen LogP) is 2.48. The zero-order valence-electron chi connectivity index (χ0n) is 10.5. The number of hydrogen-bond acceptors (Lipinski definition) is 2. The van der Waals surface area contributed by atoms with Crippen LogP contribution in [0.1, 0.15) is 47.0 Å². The third-order valence-corrected chi connectivity index (χ3v) is 2.94. The Kier molecular flexibility index (Phi) is 7.20. The van der Waals surface area contributed by atoms with Gasteiger partial charge in [0.2, 0.25) is 0 Å². The van der Waals surface area contributed by atoms with Crippen molar-refractivity contribution >= 4 is 0 Å². The summed E-state index contributed by atoms with van der Waals surface area (Å²) in [5, 5.41) is 0. The van der Waals surface area contributed by atoms with E-state index in [4.69, 9.17) is 5.73 Å². The molecule has 0 aromatic carbocycles. The molecule has 1 unspecified atom stereocenters. The summed E-state index contributed by atoms with van der Waals surface area (Å²) in [6.07, 6.45) is 3.71. The molecule has 0 rings (SSSR count). The molecule has 0 aromatic rings. The van der Waals surface area contributed by atoms with Crippen molar-refractivity contribution in [3.63, 3.8) is 0 Å². The van der Waals surface area contributed by atoms with E-state index in [0.717, 1.165) is 19.6 Å². The third kappa shape index (κ3) is 4.97. The molecular formula is C12H28N2. The van der Waals surface area contributed by atoms with Gasteiger partial charge in [-0.3, -0.25) is 0 Å². The number of hydrogen-bond donors (Lipinski definition) is 1. The molecule has 0 radical (unpaired) electrons. The van der Waals surface area contributed by atoms with Crippen molar-refractivity contribution in [2.75, 3.05) is 26.2 Å². The van der Waals surface area contributed by atoms with Crippen molar-refractivity contribution in [1.82, 2.24) is 4.90 Å². The van der Waals surface area contributed by atoms with Crippen LogP contribution in [0.15, 0.2) is 0 Å². The molecule has 0 saturated heterocycles. The lowest BCUT2D eigenvalue weighted by Gasteiger charge is -2.34. The Balaban J connectivity index is 4.11. The third-order valence-electron chi connectivity index (χ3n) is 2.94. The molecule has 0 aliphatic rings. The molecule has 1 atom stereocenters. The molecule has 2 nitrogen and oxygen atoms in total. The van der Waals surface area contributed by atoms with Crippen LogP contribution >= 0.6 is 0 Å². The SMILES string of the molecule is CCCN(CC)CC(C)(CN)CCC. The van der Waals surface area contributed by atoms with Gasteiger partial charge >= 0.3 is 0 Å². The predicted molar refractivity (Wildman–Crippen MR) is 64.5 cm³/mol. The average Bonchev–Trinajstić information content (AvgIpc) is 2.17. The van der Waals surface area contributed by atoms with Gasteiger partial charge in [0.15, 0.2) is 0 Å². The van der Waals surface area contributed by atoms with Crippen LogP contribution in [-0.2, 0) is 0 Å². The Morgan fingerprint density at radius 3 is 2.14 bits per heavy atom. The van der Waals surface area contributed by atoms with Gasteiger partial charge in [0.25, 0.3) is 0 Å². The maximum Gasteiger partial charge on any atom is 0.00473 e. The van der Waals surface area contributed by atoms with Gasteiger partial charge in [-0.1, -0.05) is 34.1 Å². The Hall–Kier alpha value is -0.0800. The van der Waals surface area contributed by atoms with Crippen molar-refractivity contribution in [3.05, 3.63) is 0 Å². The minimum absolute atomic E-state index is 0.319. The molecule has 86 valence electrons. The maximum absolute atomic E-state index is 5.87. The van der Waals surface area contributed by atoms with Gasteiger partial charge in [-0.2, -0.15) is 0 Å². The summed E-state index contributed by atoms with van der Waals surface area (Å²) in [6.45, 7) is 13.3. The van der Waals surface area contributed by atoms with Crippen molar-refractivity contribution in [3.8, 4) is 0 Å². The fraction of sp³-hybridized carbons (Fsp3) is 1.00. The lowest BCUT2D eigenvalue weighted by Crippen LogP contribution is -2.41. The van der Waals surface area contributed by atoms with Gasteiger partial charge in [-0.15, -0.1) is 0 Å². The van der Waals surface area contributed by atoms with E-state index in [1.165, 1.54) is 25.8 Å². The van der Waals surface area contributed by atoms with Crippen LogP contribution in [0.5, 0.6) is 0 Å². The molecule has 0 bridgehead atoms. The van der Waals surface area contributed by atoms with Gasteiger partial charge in [0, 0.05) is 6.54 Å². The smallest absolute Gasteiger partial charge is 0.00473 e. The molecule has 0 spiro atoms. The quantitative estimate of drug-likeness (QED) is 0.652. The average molecular weight is 200 g/mol. The first kappa shape index (κ1) is 13.9. The first-order valence-corrected chi connectivity index (χ1v) is 6.04. The van der Waals surface area contributed by atoms with E-state index >= 15 is 0 Å². The fourth-order valence-corrected chi connectivity index (χ4v) is 2.05. The molecule has 0 saturated carbocycles. The summed E-state index contributed by atoms with van der Waals surface area (Å²) in [7, 11) is 0. The lowest BCUT2D eigenvalue weighted by atomic mass is 9.85. The van der Waals surface area contributed by atoms with Gasteiger partial charge in [-0.25, -0.2) is 0 Å². The number of nitrogens with two attached hydrogens (primary N) is 1. The monoisotopic (exact) mass is 200 g/mol. The van der Waals surface area contributed by atoms with Crippen LogP contribution in [0.4, 0.5) is 0 Å². The van der Waals surface area contributed by atoms with Crippen LogP contribution in [-0.4, -0.2) is 31.1 Å². The second-order valence-electron chi connectivity index (χ2n) is 4.63. The molecular weight excluding hydrogens is 172 g/mol. The second-order valence-corrected chi connectivity index (χ2v) is 4.63.